The Bertz CT molecular complexity index is 594. The summed E-state index contributed by atoms with van der Waals surface area (Å²) in [4.78, 5) is 26.2. The normalized spacial score (nSPS) is 18.6. The van der Waals surface area contributed by atoms with Gasteiger partial charge in [-0.15, -0.1) is 10.2 Å². The predicted molar refractivity (Wildman–Crippen MR) is 93.2 cm³/mol. The first-order valence-corrected chi connectivity index (χ1v) is 9.09. The Morgan fingerprint density at radius 2 is 2.04 bits per heavy atom. The van der Waals surface area contributed by atoms with Gasteiger partial charge < -0.3 is 15.0 Å². The van der Waals surface area contributed by atoms with Gasteiger partial charge in [-0.1, -0.05) is 25.2 Å². The molecule has 1 unspecified atom stereocenters. The van der Waals surface area contributed by atoms with E-state index in [-0.39, 0.29) is 23.8 Å². The van der Waals surface area contributed by atoms with E-state index in [9.17, 15) is 9.59 Å². The minimum atomic E-state index is -0.536. The molecule has 8 heteroatoms. The van der Waals surface area contributed by atoms with Crippen molar-refractivity contribution in [1.29, 1.82) is 0 Å². The number of carbonyl (C=O) groups excluding carboxylic acids is 2. The minimum Gasteiger partial charge on any atom is -0.444 e. The third kappa shape index (κ3) is 5.15. The van der Waals surface area contributed by atoms with Gasteiger partial charge in [0.15, 0.2) is 0 Å². The highest BCUT2D eigenvalue weighted by Crippen LogP contribution is 2.25. The van der Waals surface area contributed by atoms with E-state index >= 15 is 0 Å². The smallest absolute Gasteiger partial charge is 0.410 e. The largest absolute Gasteiger partial charge is 0.444 e. The zero-order chi connectivity index (χ0) is 17.9. The molecule has 1 aliphatic heterocycles. The predicted octanol–water partition coefficient (Wildman–Crippen LogP) is 3.25. The average molecular weight is 354 g/mol. The Hall–Kier alpha value is -1.70. The van der Waals surface area contributed by atoms with Gasteiger partial charge in [0.25, 0.3) is 0 Å². The topological polar surface area (TPSA) is 84.4 Å². The number of nitrogens with zero attached hydrogens (tertiary/aromatic N) is 3. The lowest BCUT2D eigenvalue weighted by molar-refractivity contribution is -0.121. The molecular formula is C16H26N4O3S. The average Bonchev–Trinajstić information content (AvgIpc) is 2.94. The van der Waals surface area contributed by atoms with Crippen molar-refractivity contribution in [2.24, 2.45) is 5.92 Å². The van der Waals surface area contributed by atoms with Crippen LogP contribution in [0.25, 0.3) is 0 Å². The molecule has 1 fully saturated rings. The molecule has 1 aromatic rings. The van der Waals surface area contributed by atoms with Gasteiger partial charge in [-0.25, -0.2) is 4.79 Å². The van der Waals surface area contributed by atoms with E-state index in [1.54, 1.807) is 4.90 Å². The highest BCUT2D eigenvalue weighted by Gasteiger charge is 2.31. The molecule has 1 aromatic heterocycles. The molecule has 0 aliphatic carbocycles. The third-order valence-corrected chi connectivity index (χ3v) is 4.75. The number of amides is 2. The fourth-order valence-corrected chi connectivity index (χ4v) is 3.16. The molecule has 0 spiro atoms. The van der Waals surface area contributed by atoms with Crippen LogP contribution < -0.4 is 5.32 Å². The molecule has 2 heterocycles. The van der Waals surface area contributed by atoms with Crippen molar-refractivity contribution in [3.8, 4) is 0 Å². The molecule has 24 heavy (non-hydrogen) atoms. The van der Waals surface area contributed by atoms with Crippen LogP contribution in [0, 0.1) is 5.92 Å². The Morgan fingerprint density at radius 3 is 2.62 bits per heavy atom. The lowest BCUT2D eigenvalue weighted by Gasteiger charge is -2.33. The van der Waals surface area contributed by atoms with Crippen LogP contribution in [0.5, 0.6) is 0 Å². The van der Waals surface area contributed by atoms with Gasteiger partial charge >= 0.3 is 6.09 Å². The SMILES string of the molecule is CC(C)c1nnc(NC(=O)C2CCCN(C(=O)OC(C)(C)C)C2)s1. The van der Waals surface area contributed by atoms with E-state index in [2.05, 4.69) is 15.5 Å². The molecule has 0 radical (unpaired) electrons. The van der Waals surface area contributed by atoms with Crippen LogP contribution >= 0.6 is 11.3 Å². The first kappa shape index (κ1) is 18.6. The number of ether oxygens (including phenoxy) is 1. The Balaban J connectivity index is 1.93. The molecule has 1 aliphatic rings. The lowest BCUT2D eigenvalue weighted by Crippen LogP contribution is -2.45. The monoisotopic (exact) mass is 354 g/mol. The van der Waals surface area contributed by atoms with Crippen molar-refractivity contribution in [3.63, 3.8) is 0 Å². The number of anilines is 1. The van der Waals surface area contributed by atoms with Crippen LogP contribution in [0.15, 0.2) is 0 Å². The number of carbonyl (C=O) groups is 2. The summed E-state index contributed by atoms with van der Waals surface area (Å²) < 4.78 is 5.39. The summed E-state index contributed by atoms with van der Waals surface area (Å²) in [6, 6.07) is 0. The van der Waals surface area contributed by atoms with E-state index in [4.69, 9.17) is 4.74 Å². The standard InChI is InChI=1S/C16H26N4O3S/c1-10(2)13-18-19-14(24-13)17-12(21)11-7-6-8-20(9-11)15(22)23-16(3,4)5/h10-11H,6-9H2,1-5H3,(H,17,19,21). The van der Waals surface area contributed by atoms with Crippen molar-refractivity contribution >= 4 is 28.5 Å². The first-order valence-electron chi connectivity index (χ1n) is 8.28. The summed E-state index contributed by atoms with van der Waals surface area (Å²) in [5.74, 6) is -0.0853. The van der Waals surface area contributed by atoms with Gasteiger partial charge in [0, 0.05) is 19.0 Å². The fraction of sp³-hybridized carbons (Fsp3) is 0.750. The van der Waals surface area contributed by atoms with Crippen molar-refractivity contribution < 1.29 is 14.3 Å². The summed E-state index contributed by atoms with van der Waals surface area (Å²) in [6.07, 6.45) is 1.17. The zero-order valence-corrected chi connectivity index (χ0v) is 15.8. The van der Waals surface area contributed by atoms with E-state index in [0.29, 0.717) is 18.2 Å². The molecule has 134 valence electrons. The number of piperidine rings is 1. The van der Waals surface area contributed by atoms with Gasteiger partial charge in [0.05, 0.1) is 5.92 Å². The molecule has 2 amide bonds. The molecule has 0 bridgehead atoms. The molecule has 2 rings (SSSR count). The second-order valence-corrected chi connectivity index (χ2v) is 8.36. The fourth-order valence-electron chi connectivity index (χ4n) is 2.41. The molecule has 1 atom stereocenters. The second kappa shape index (κ2) is 7.46. The van der Waals surface area contributed by atoms with Crippen LogP contribution in [-0.2, 0) is 9.53 Å². The molecular weight excluding hydrogens is 328 g/mol. The van der Waals surface area contributed by atoms with Crippen molar-refractivity contribution in [2.75, 3.05) is 18.4 Å². The first-order chi connectivity index (χ1) is 11.2. The summed E-state index contributed by atoms with van der Waals surface area (Å²) in [7, 11) is 0. The zero-order valence-electron chi connectivity index (χ0n) is 15.0. The van der Waals surface area contributed by atoms with E-state index in [0.717, 1.165) is 17.8 Å². The van der Waals surface area contributed by atoms with Crippen molar-refractivity contribution in [3.05, 3.63) is 5.01 Å². The number of hydrogen-bond donors (Lipinski definition) is 1. The maximum absolute atomic E-state index is 12.4. The Labute approximate surface area is 146 Å². The third-order valence-electron chi connectivity index (χ3n) is 3.61. The number of likely N-dealkylation sites (tertiary alicyclic amines) is 1. The quantitative estimate of drug-likeness (QED) is 0.901. The van der Waals surface area contributed by atoms with Crippen molar-refractivity contribution in [1.82, 2.24) is 15.1 Å². The van der Waals surface area contributed by atoms with Crippen LogP contribution in [0.2, 0.25) is 0 Å². The van der Waals surface area contributed by atoms with E-state index in [1.807, 2.05) is 34.6 Å². The van der Waals surface area contributed by atoms with Gasteiger partial charge in [0.1, 0.15) is 10.6 Å². The van der Waals surface area contributed by atoms with Crippen LogP contribution in [-0.4, -0.2) is 45.8 Å². The summed E-state index contributed by atoms with van der Waals surface area (Å²) in [5, 5.41) is 12.3. The molecule has 1 saturated heterocycles. The molecule has 1 N–H and O–H groups in total. The van der Waals surface area contributed by atoms with Crippen molar-refractivity contribution in [2.45, 2.75) is 59.0 Å². The lowest BCUT2D eigenvalue weighted by atomic mass is 9.97. The number of aromatic nitrogens is 2. The summed E-state index contributed by atoms with van der Waals surface area (Å²) in [5.41, 5.74) is -0.536. The van der Waals surface area contributed by atoms with Gasteiger partial charge in [-0.3, -0.25) is 4.79 Å². The Morgan fingerprint density at radius 1 is 1.33 bits per heavy atom. The van der Waals surface area contributed by atoms with E-state index in [1.165, 1.54) is 11.3 Å². The van der Waals surface area contributed by atoms with Gasteiger partial charge in [-0.05, 0) is 33.6 Å². The maximum Gasteiger partial charge on any atom is 0.410 e. The Kier molecular flexibility index (Phi) is 5.79. The summed E-state index contributed by atoms with van der Waals surface area (Å²) >= 11 is 1.39. The molecule has 0 aromatic carbocycles. The highest BCUT2D eigenvalue weighted by molar-refractivity contribution is 7.15. The maximum atomic E-state index is 12.4. The van der Waals surface area contributed by atoms with Gasteiger partial charge in [-0.2, -0.15) is 0 Å². The van der Waals surface area contributed by atoms with Crippen LogP contribution in [0.4, 0.5) is 9.93 Å². The van der Waals surface area contributed by atoms with E-state index < -0.39 is 5.60 Å². The molecule has 7 nitrogen and oxygen atoms in total. The minimum absolute atomic E-state index is 0.116. The number of nitrogens with one attached hydrogen (secondary N) is 1. The van der Waals surface area contributed by atoms with Gasteiger partial charge in [0.2, 0.25) is 11.0 Å². The number of hydrogen-bond acceptors (Lipinski definition) is 6. The van der Waals surface area contributed by atoms with Crippen LogP contribution in [0.3, 0.4) is 0 Å². The second-order valence-electron chi connectivity index (χ2n) is 7.35. The summed E-state index contributed by atoms with van der Waals surface area (Å²) in [6.45, 7) is 10.6. The molecule has 0 saturated carbocycles. The van der Waals surface area contributed by atoms with Crippen LogP contribution in [0.1, 0.15) is 58.4 Å². The highest BCUT2D eigenvalue weighted by atomic mass is 32.1. The number of rotatable bonds is 3.